The van der Waals surface area contributed by atoms with Crippen LogP contribution in [-0.4, -0.2) is 35.3 Å². The van der Waals surface area contributed by atoms with E-state index in [1.807, 2.05) is 0 Å². The smallest absolute Gasteiger partial charge is 0.419 e. The van der Waals surface area contributed by atoms with Gasteiger partial charge in [0.25, 0.3) is 0 Å². The standard InChI is InChI=1S/C16H17N3O5/c1-3-13(20)17-7-12-11-6-8-9(19(11)16(22)23-12)4-5-10-14(8)24-15(21)18(10)2/h4-5,11-12H,3,6-7H2,1-2H3,(H,17,20)/t11-,12?/m0/s1. The van der Waals surface area contributed by atoms with Crippen molar-refractivity contribution in [3.05, 3.63) is 28.2 Å². The molecule has 8 heteroatoms. The largest absolute Gasteiger partial charge is 0.442 e. The number of ether oxygens (including phenoxy) is 1. The third kappa shape index (κ3) is 1.95. The highest BCUT2D eigenvalue weighted by Gasteiger charge is 2.48. The van der Waals surface area contributed by atoms with E-state index in [4.69, 9.17) is 9.15 Å². The molecule has 126 valence electrons. The molecule has 1 unspecified atom stereocenters. The second-order valence-corrected chi connectivity index (χ2v) is 6.06. The van der Waals surface area contributed by atoms with E-state index >= 15 is 0 Å². The van der Waals surface area contributed by atoms with Crippen molar-refractivity contribution >= 4 is 28.8 Å². The first-order valence-electron chi connectivity index (χ1n) is 7.89. The van der Waals surface area contributed by atoms with Gasteiger partial charge in [-0.1, -0.05) is 6.92 Å². The molecule has 2 aliphatic heterocycles. The fourth-order valence-electron chi connectivity index (χ4n) is 3.45. The summed E-state index contributed by atoms with van der Waals surface area (Å²) in [6.07, 6.45) is 0.0429. The van der Waals surface area contributed by atoms with Crippen LogP contribution in [0.1, 0.15) is 18.9 Å². The number of nitrogens with one attached hydrogen (secondary N) is 1. The third-order valence-corrected chi connectivity index (χ3v) is 4.74. The van der Waals surface area contributed by atoms with Gasteiger partial charge in [-0.2, -0.15) is 0 Å². The summed E-state index contributed by atoms with van der Waals surface area (Å²) >= 11 is 0. The zero-order valence-electron chi connectivity index (χ0n) is 13.4. The number of hydrogen-bond acceptors (Lipinski definition) is 5. The molecule has 0 saturated carbocycles. The molecule has 0 aliphatic carbocycles. The molecular weight excluding hydrogens is 314 g/mol. The molecule has 3 heterocycles. The zero-order chi connectivity index (χ0) is 17.0. The zero-order valence-corrected chi connectivity index (χ0v) is 13.4. The van der Waals surface area contributed by atoms with Crippen LogP contribution in [0.4, 0.5) is 10.5 Å². The van der Waals surface area contributed by atoms with Crippen LogP contribution in [0.25, 0.3) is 11.1 Å². The van der Waals surface area contributed by atoms with Crippen LogP contribution in [0.15, 0.2) is 21.3 Å². The summed E-state index contributed by atoms with van der Waals surface area (Å²) in [5.74, 6) is -0.517. The number of oxazole rings is 1. The van der Waals surface area contributed by atoms with Gasteiger partial charge in [-0.15, -0.1) is 0 Å². The predicted molar refractivity (Wildman–Crippen MR) is 85.0 cm³/mol. The lowest BCUT2D eigenvalue weighted by molar-refractivity contribution is -0.121. The Balaban J connectivity index is 1.70. The van der Waals surface area contributed by atoms with Crippen LogP contribution in [0.2, 0.25) is 0 Å². The van der Waals surface area contributed by atoms with Crippen molar-refractivity contribution in [3.8, 4) is 0 Å². The summed E-state index contributed by atoms with van der Waals surface area (Å²) in [5.41, 5.74) is 2.75. The maximum Gasteiger partial charge on any atom is 0.419 e. The number of anilines is 1. The van der Waals surface area contributed by atoms with Crippen LogP contribution in [0.3, 0.4) is 0 Å². The van der Waals surface area contributed by atoms with E-state index in [9.17, 15) is 14.4 Å². The van der Waals surface area contributed by atoms with E-state index < -0.39 is 18.0 Å². The number of amides is 2. The lowest BCUT2D eigenvalue weighted by atomic mass is 10.0. The van der Waals surface area contributed by atoms with Crippen LogP contribution >= 0.6 is 0 Å². The summed E-state index contributed by atoms with van der Waals surface area (Å²) in [7, 11) is 1.65. The Hall–Kier alpha value is -2.77. The molecule has 1 fully saturated rings. The Bertz CT molecular complexity index is 912. The van der Waals surface area contributed by atoms with E-state index in [0.29, 0.717) is 29.6 Å². The lowest BCUT2D eigenvalue weighted by Crippen LogP contribution is -2.40. The van der Waals surface area contributed by atoms with Crippen LogP contribution in [0, 0.1) is 0 Å². The number of benzene rings is 1. The Morgan fingerprint density at radius 2 is 2.17 bits per heavy atom. The van der Waals surface area contributed by atoms with Crippen LogP contribution < -0.4 is 16.0 Å². The Kier molecular flexibility index (Phi) is 3.16. The molecule has 4 rings (SSSR count). The molecule has 1 aromatic carbocycles. The van der Waals surface area contributed by atoms with Gasteiger partial charge >= 0.3 is 11.8 Å². The number of aryl methyl sites for hydroxylation is 1. The number of carbonyl (C=O) groups is 2. The highest BCUT2D eigenvalue weighted by Crippen LogP contribution is 2.41. The van der Waals surface area contributed by atoms with E-state index in [2.05, 4.69) is 5.32 Å². The molecule has 0 spiro atoms. The van der Waals surface area contributed by atoms with Gasteiger partial charge in [0.1, 0.15) is 6.10 Å². The van der Waals surface area contributed by atoms with Crippen molar-refractivity contribution in [2.75, 3.05) is 11.4 Å². The monoisotopic (exact) mass is 331 g/mol. The second kappa shape index (κ2) is 5.12. The molecular formula is C16H17N3O5. The van der Waals surface area contributed by atoms with Crippen molar-refractivity contribution in [1.82, 2.24) is 9.88 Å². The Labute approximate surface area is 137 Å². The van der Waals surface area contributed by atoms with Crippen molar-refractivity contribution in [2.45, 2.75) is 31.9 Å². The van der Waals surface area contributed by atoms with Crippen molar-refractivity contribution in [2.24, 2.45) is 7.05 Å². The molecule has 8 nitrogen and oxygen atoms in total. The number of aromatic nitrogens is 1. The first-order chi connectivity index (χ1) is 11.5. The van der Waals surface area contributed by atoms with Gasteiger partial charge in [0.05, 0.1) is 23.8 Å². The quantitative estimate of drug-likeness (QED) is 0.902. The molecule has 2 aromatic rings. The first-order valence-corrected chi connectivity index (χ1v) is 7.89. The number of hydrogen-bond donors (Lipinski definition) is 1. The molecule has 24 heavy (non-hydrogen) atoms. The topological polar surface area (TPSA) is 93.8 Å². The maximum atomic E-state index is 12.2. The van der Waals surface area contributed by atoms with Gasteiger partial charge in [-0.25, -0.2) is 9.59 Å². The number of fused-ring (bicyclic) bond motifs is 5. The Morgan fingerprint density at radius 3 is 2.92 bits per heavy atom. The molecule has 2 amide bonds. The van der Waals surface area contributed by atoms with Crippen LogP contribution in [-0.2, 0) is 23.0 Å². The van der Waals surface area contributed by atoms with Gasteiger partial charge in [0.15, 0.2) is 5.58 Å². The van der Waals surface area contributed by atoms with Crippen molar-refractivity contribution < 1.29 is 18.7 Å². The summed E-state index contributed by atoms with van der Waals surface area (Å²) in [6, 6.07) is 3.36. The highest BCUT2D eigenvalue weighted by molar-refractivity contribution is 5.98. The summed E-state index contributed by atoms with van der Waals surface area (Å²) in [4.78, 5) is 37.1. The second-order valence-electron chi connectivity index (χ2n) is 6.06. The average Bonchev–Trinajstić information content (AvgIpc) is 3.18. The van der Waals surface area contributed by atoms with Crippen molar-refractivity contribution in [3.63, 3.8) is 0 Å². The Morgan fingerprint density at radius 1 is 1.38 bits per heavy atom. The van der Waals surface area contributed by atoms with E-state index in [1.165, 1.54) is 4.57 Å². The number of nitrogens with zero attached hydrogens (tertiary/aromatic N) is 2. The number of rotatable bonds is 3. The molecule has 1 saturated heterocycles. The molecule has 1 aromatic heterocycles. The minimum absolute atomic E-state index is 0.0866. The third-order valence-electron chi connectivity index (χ3n) is 4.74. The van der Waals surface area contributed by atoms with E-state index in [-0.39, 0.29) is 18.5 Å². The van der Waals surface area contributed by atoms with Crippen molar-refractivity contribution in [1.29, 1.82) is 0 Å². The minimum Gasteiger partial charge on any atom is -0.442 e. The summed E-state index contributed by atoms with van der Waals surface area (Å²) in [6.45, 7) is 2.04. The number of cyclic esters (lactones) is 1. The number of carbonyl (C=O) groups excluding carboxylic acids is 2. The van der Waals surface area contributed by atoms with Gasteiger partial charge in [-0.3, -0.25) is 14.3 Å². The molecule has 0 bridgehead atoms. The normalized spacial score (nSPS) is 21.8. The van der Waals surface area contributed by atoms with E-state index in [0.717, 1.165) is 5.56 Å². The fourth-order valence-corrected chi connectivity index (χ4v) is 3.45. The van der Waals surface area contributed by atoms with Gasteiger partial charge in [-0.05, 0) is 12.1 Å². The summed E-state index contributed by atoms with van der Waals surface area (Å²) in [5, 5.41) is 2.76. The molecule has 0 radical (unpaired) electrons. The van der Waals surface area contributed by atoms with Crippen LogP contribution in [0.5, 0.6) is 0 Å². The predicted octanol–water partition coefficient (Wildman–Crippen LogP) is 0.908. The van der Waals surface area contributed by atoms with Gasteiger partial charge < -0.3 is 14.5 Å². The molecule has 2 atom stereocenters. The molecule has 2 aliphatic rings. The average molecular weight is 331 g/mol. The van der Waals surface area contributed by atoms with E-state index in [1.54, 1.807) is 31.0 Å². The highest BCUT2D eigenvalue weighted by atomic mass is 16.6. The summed E-state index contributed by atoms with van der Waals surface area (Å²) < 4.78 is 12.2. The molecule has 1 N–H and O–H groups in total. The van der Waals surface area contributed by atoms with Gasteiger partial charge in [0, 0.05) is 25.5 Å². The fraction of sp³-hybridized carbons (Fsp3) is 0.438. The SMILES string of the molecule is CCC(=O)NCC1OC(=O)N2c3ccc4c(oc(=O)n4C)c3C[C@@H]12. The maximum absolute atomic E-state index is 12.2. The lowest BCUT2D eigenvalue weighted by Gasteiger charge is -2.16. The minimum atomic E-state index is -0.438. The van der Waals surface area contributed by atoms with Gasteiger partial charge in [0.2, 0.25) is 5.91 Å². The first kappa shape index (κ1) is 14.8.